The lowest BCUT2D eigenvalue weighted by atomic mass is 9.90. The fourth-order valence-corrected chi connectivity index (χ4v) is 2.72. The van der Waals surface area contributed by atoms with E-state index in [-0.39, 0.29) is 5.91 Å². The van der Waals surface area contributed by atoms with Crippen LogP contribution < -0.4 is 4.74 Å². The monoisotopic (exact) mass is 263 g/mol. The van der Waals surface area contributed by atoms with E-state index in [9.17, 15) is 14.7 Å². The summed E-state index contributed by atoms with van der Waals surface area (Å²) in [5.41, 5.74) is 0.323. The van der Waals surface area contributed by atoms with Crippen LogP contribution in [0, 0.1) is 0 Å². The fraction of sp³-hybridized carbons (Fsp3) is 0.429. The molecule has 0 fully saturated rings. The number of carboxylic acids is 1. The largest absolute Gasteiger partial charge is 0.497 e. The predicted octanol–water partition coefficient (Wildman–Crippen LogP) is 1.40. The zero-order chi connectivity index (χ0) is 14.2. The van der Waals surface area contributed by atoms with E-state index in [0.717, 1.165) is 5.56 Å². The zero-order valence-electron chi connectivity index (χ0n) is 11.3. The van der Waals surface area contributed by atoms with Gasteiger partial charge in [0.1, 0.15) is 5.75 Å². The molecule has 1 aromatic rings. The number of nitrogens with zero attached hydrogens (tertiary/aromatic N) is 1. The van der Waals surface area contributed by atoms with Gasteiger partial charge in [0.15, 0.2) is 5.54 Å². The molecule has 0 saturated heterocycles. The van der Waals surface area contributed by atoms with Crippen molar-refractivity contribution in [2.45, 2.75) is 25.3 Å². The maximum atomic E-state index is 11.8. The van der Waals surface area contributed by atoms with Gasteiger partial charge in [-0.25, -0.2) is 4.79 Å². The van der Waals surface area contributed by atoms with Gasteiger partial charge in [0.05, 0.1) is 7.11 Å². The third-order valence-electron chi connectivity index (χ3n) is 3.92. The molecule has 5 heteroatoms. The van der Waals surface area contributed by atoms with Crippen molar-refractivity contribution in [1.29, 1.82) is 0 Å². The minimum Gasteiger partial charge on any atom is -0.497 e. The van der Waals surface area contributed by atoms with Crippen molar-refractivity contribution in [2.75, 3.05) is 14.2 Å². The number of carboxylic acid groups (broad SMARTS) is 1. The molecule has 0 spiro atoms. The lowest BCUT2D eigenvalue weighted by Gasteiger charge is -2.35. The number of ether oxygens (including phenoxy) is 1. The van der Waals surface area contributed by atoms with E-state index in [1.807, 2.05) is 12.1 Å². The van der Waals surface area contributed by atoms with Gasteiger partial charge in [-0.1, -0.05) is 6.07 Å². The lowest BCUT2D eigenvalue weighted by molar-refractivity contribution is -0.157. The standard InChI is InChI=1S/C14H17NO4/c1-9(16)15(2)14(13(17)18)7-6-10-4-5-11(19-3)8-12(10)14/h4-5,8H,6-7H2,1-3H3,(H,17,18). The van der Waals surface area contributed by atoms with Crippen molar-refractivity contribution in [3.05, 3.63) is 29.3 Å². The average Bonchev–Trinajstić information content (AvgIpc) is 2.77. The van der Waals surface area contributed by atoms with Gasteiger partial charge in [0.2, 0.25) is 5.91 Å². The van der Waals surface area contributed by atoms with Gasteiger partial charge in [0.25, 0.3) is 0 Å². The fourth-order valence-electron chi connectivity index (χ4n) is 2.72. The Labute approximate surface area is 111 Å². The number of methoxy groups -OCH3 is 1. The highest BCUT2D eigenvalue weighted by atomic mass is 16.5. The number of carbonyl (C=O) groups is 2. The van der Waals surface area contributed by atoms with Gasteiger partial charge in [-0.05, 0) is 36.1 Å². The Kier molecular flexibility index (Phi) is 3.22. The quantitative estimate of drug-likeness (QED) is 0.895. The highest BCUT2D eigenvalue weighted by molar-refractivity contribution is 5.88. The van der Waals surface area contributed by atoms with Crippen LogP contribution in [-0.4, -0.2) is 36.0 Å². The predicted molar refractivity (Wildman–Crippen MR) is 69.1 cm³/mol. The molecule has 1 aliphatic carbocycles. The lowest BCUT2D eigenvalue weighted by Crippen LogP contribution is -2.50. The van der Waals surface area contributed by atoms with Crippen LogP contribution in [0.3, 0.4) is 0 Å². The number of hydrogen-bond acceptors (Lipinski definition) is 3. The molecule has 0 aliphatic heterocycles. The minimum absolute atomic E-state index is 0.266. The molecule has 19 heavy (non-hydrogen) atoms. The molecule has 0 aromatic heterocycles. The molecule has 0 bridgehead atoms. The topological polar surface area (TPSA) is 66.8 Å². The maximum Gasteiger partial charge on any atom is 0.334 e. The number of carbonyl (C=O) groups excluding carboxylic acids is 1. The molecule has 1 N–H and O–H groups in total. The Morgan fingerprint density at radius 1 is 1.42 bits per heavy atom. The third kappa shape index (κ3) is 1.85. The SMILES string of the molecule is COc1ccc2c(c1)C(C(=O)O)(N(C)C(C)=O)CC2. The molecule has 1 aliphatic rings. The number of fused-ring (bicyclic) bond motifs is 1. The second kappa shape index (κ2) is 4.57. The second-order valence-corrected chi connectivity index (χ2v) is 4.77. The number of likely N-dealkylation sites (N-methyl/N-ethyl adjacent to an activating group) is 1. The number of hydrogen-bond donors (Lipinski definition) is 1. The molecule has 1 atom stereocenters. The van der Waals surface area contributed by atoms with Crippen LogP contribution in [0.5, 0.6) is 5.75 Å². The van der Waals surface area contributed by atoms with Gasteiger partial charge in [-0.3, -0.25) is 4.79 Å². The third-order valence-corrected chi connectivity index (χ3v) is 3.92. The van der Waals surface area contributed by atoms with Crippen LogP contribution >= 0.6 is 0 Å². The Hall–Kier alpha value is -2.04. The Morgan fingerprint density at radius 3 is 2.63 bits per heavy atom. The molecule has 0 radical (unpaired) electrons. The van der Waals surface area contributed by atoms with E-state index in [0.29, 0.717) is 24.2 Å². The Bertz CT molecular complexity index is 540. The normalized spacial score (nSPS) is 20.8. The maximum absolute atomic E-state index is 11.8. The van der Waals surface area contributed by atoms with Crippen molar-refractivity contribution < 1.29 is 19.4 Å². The van der Waals surface area contributed by atoms with E-state index < -0.39 is 11.5 Å². The first-order valence-corrected chi connectivity index (χ1v) is 6.08. The van der Waals surface area contributed by atoms with Gasteiger partial charge in [0, 0.05) is 14.0 Å². The first-order chi connectivity index (χ1) is 8.93. The Morgan fingerprint density at radius 2 is 2.11 bits per heavy atom. The molecule has 0 heterocycles. The molecule has 1 aromatic carbocycles. The molecule has 2 rings (SSSR count). The molecule has 1 amide bonds. The number of amides is 1. The van der Waals surface area contributed by atoms with Crippen LogP contribution in [0.15, 0.2) is 18.2 Å². The number of rotatable bonds is 3. The molecule has 102 valence electrons. The van der Waals surface area contributed by atoms with E-state index in [4.69, 9.17) is 4.74 Å². The van der Waals surface area contributed by atoms with E-state index >= 15 is 0 Å². The van der Waals surface area contributed by atoms with Gasteiger partial charge in [-0.15, -0.1) is 0 Å². The summed E-state index contributed by atoms with van der Waals surface area (Å²) in [6, 6.07) is 5.40. The van der Waals surface area contributed by atoms with Crippen molar-refractivity contribution in [2.24, 2.45) is 0 Å². The van der Waals surface area contributed by atoms with Crippen molar-refractivity contribution in [3.63, 3.8) is 0 Å². The minimum atomic E-state index is -1.28. The van der Waals surface area contributed by atoms with Crippen molar-refractivity contribution in [3.8, 4) is 5.75 Å². The number of aliphatic carboxylic acids is 1. The number of benzene rings is 1. The highest BCUT2D eigenvalue weighted by Gasteiger charge is 2.50. The van der Waals surface area contributed by atoms with Crippen molar-refractivity contribution in [1.82, 2.24) is 4.90 Å². The van der Waals surface area contributed by atoms with Gasteiger partial charge >= 0.3 is 5.97 Å². The van der Waals surface area contributed by atoms with E-state index in [2.05, 4.69) is 0 Å². The summed E-state index contributed by atoms with van der Waals surface area (Å²) in [6.45, 7) is 1.38. The van der Waals surface area contributed by atoms with E-state index in [1.165, 1.54) is 26.0 Å². The van der Waals surface area contributed by atoms with Crippen LogP contribution in [-0.2, 0) is 21.5 Å². The molecule has 1 unspecified atom stereocenters. The Balaban J connectivity index is 2.62. The molecular weight excluding hydrogens is 246 g/mol. The molecular formula is C14H17NO4. The molecule has 0 saturated carbocycles. The summed E-state index contributed by atoms with van der Waals surface area (Å²) in [5.74, 6) is -0.668. The van der Waals surface area contributed by atoms with Crippen LogP contribution in [0.2, 0.25) is 0 Å². The van der Waals surface area contributed by atoms with Gasteiger partial charge < -0.3 is 14.7 Å². The summed E-state index contributed by atoms with van der Waals surface area (Å²) in [7, 11) is 3.07. The summed E-state index contributed by atoms with van der Waals surface area (Å²) < 4.78 is 5.16. The van der Waals surface area contributed by atoms with Crippen LogP contribution in [0.1, 0.15) is 24.5 Å². The smallest absolute Gasteiger partial charge is 0.334 e. The molecule has 5 nitrogen and oxygen atoms in total. The second-order valence-electron chi connectivity index (χ2n) is 4.77. The van der Waals surface area contributed by atoms with E-state index in [1.54, 1.807) is 6.07 Å². The summed E-state index contributed by atoms with van der Waals surface area (Å²) in [4.78, 5) is 24.7. The van der Waals surface area contributed by atoms with Gasteiger partial charge in [-0.2, -0.15) is 0 Å². The zero-order valence-corrected chi connectivity index (χ0v) is 11.3. The summed E-state index contributed by atoms with van der Waals surface area (Å²) in [6.07, 6.45) is 1.03. The first-order valence-electron chi connectivity index (χ1n) is 6.08. The van der Waals surface area contributed by atoms with Crippen LogP contribution in [0.4, 0.5) is 0 Å². The average molecular weight is 263 g/mol. The first kappa shape index (κ1) is 13.4. The summed E-state index contributed by atoms with van der Waals surface area (Å²) in [5, 5.41) is 9.66. The number of aryl methyl sites for hydroxylation is 1. The highest BCUT2D eigenvalue weighted by Crippen LogP contribution is 2.43. The van der Waals surface area contributed by atoms with Crippen molar-refractivity contribution >= 4 is 11.9 Å². The summed E-state index contributed by atoms with van der Waals surface area (Å²) >= 11 is 0. The van der Waals surface area contributed by atoms with Crippen LogP contribution in [0.25, 0.3) is 0 Å².